The summed E-state index contributed by atoms with van der Waals surface area (Å²) in [6.45, 7) is 5.86. The summed E-state index contributed by atoms with van der Waals surface area (Å²) in [6.07, 6.45) is 1.64. The Morgan fingerprint density at radius 2 is 1.88 bits per heavy atom. The van der Waals surface area contributed by atoms with Gasteiger partial charge in [0.15, 0.2) is 0 Å². The van der Waals surface area contributed by atoms with Crippen LogP contribution in [0.2, 0.25) is 0 Å². The van der Waals surface area contributed by atoms with Gasteiger partial charge in [-0.3, -0.25) is 4.90 Å². The van der Waals surface area contributed by atoms with E-state index >= 15 is 0 Å². The second-order valence-corrected chi connectivity index (χ2v) is 6.91. The Morgan fingerprint density at radius 3 is 2.46 bits per heavy atom. The van der Waals surface area contributed by atoms with Crippen molar-refractivity contribution >= 4 is 6.03 Å². The normalized spacial score (nSPS) is 12.2. The molecule has 0 saturated carbocycles. The number of hydrogen-bond acceptors (Lipinski definition) is 4. The lowest BCUT2D eigenvalue weighted by molar-refractivity contribution is 0.225. The van der Waals surface area contributed by atoms with Crippen molar-refractivity contribution in [1.29, 1.82) is 0 Å². The van der Waals surface area contributed by atoms with Gasteiger partial charge in [-0.15, -0.1) is 0 Å². The topological polar surface area (TPSA) is 66.7 Å². The van der Waals surface area contributed by atoms with Crippen LogP contribution in [0.25, 0.3) is 0 Å². The van der Waals surface area contributed by atoms with Crippen molar-refractivity contribution in [2.75, 3.05) is 27.2 Å². The molecule has 0 fully saturated rings. The highest BCUT2D eigenvalue weighted by Crippen LogP contribution is 2.17. The van der Waals surface area contributed by atoms with E-state index in [-0.39, 0.29) is 12.1 Å². The van der Waals surface area contributed by atoms with Crippen LogP contribution in [-0.2, 0) is 6.54 Å². The van der Waals surface area contributed by atoms with Crippen LogP contribution in [-0.4, -0.2) is 38.2 Å². The molecule has 0 bridgehead atoms. The average molecular weight is 359 g/mol. The van der Waals surface area contributed by atoms with Gasteiger partial charge in [-0.2, -0.15) is 0 Å². The average Bonchev–Trinajstić information content (AvgIpc) is 3.13. The summed E-state index contributed by atoms with van der Waals surface area (Å²) in [4.78, 5) is 14.1. The van der Waals surface area contributed by atoms with Crippen molar-refractivity contribution < 1.29 is 13.9 Å². The third kappa shape index (κ3) is 6.44. The number of likely N-dealkylation sites (N-methyl/N-ethyl adjacent to an activating group) is 1. The molecule has 1 aromatic carbocycles. The maximum Gasteiger partial charge on any atom is 0.315 e. The molecule has 26 heavy (non-hydrogen) atoms. The Kier molecular flexibility index (Phi) is 7.53. The molecule has 2 amide bonds. The highest BCUT2D eigenvalue weighted by molar-refractivity contribution is 5.73. The van der Waals surface area contributed by atoms with E-state index in [1.807, 2.05) is 55.4 Å². The third-order valence-electron chi connectivity index (χ3n) is 3.91. The fourth-order valence-electron chi connectivity index (χ4n) is 2.42. The lowest BCUT2D eigenvalue weighted by atomic mass is 10.2. The number of ether oxygens (including phenoxy) is 1. The molecular formula is C20H29N3O3. The lowest BCUT2D eigenvalue weighted by Crippen LogP contribution is -2.40. The highest BCUT2D eigenvalue weighted by Gasteiger charge is 2.17. The van der Waals surface area contributed by atoms with E-state index in [1.165, 1.54) is 0 Å². The zero-order chi connectivity index (χ0) is 18.9. The number of carbonyl (C=O) groups is 1. The van der Waals surface area contributed by atoms with Crippen molar-refractivity contribution in [3.63, 3.8) is 0 Å². The van der Waals surface area contributed by atoms with Gasteiger partial charge in [0.05, 0.1) is 18.9 Å². The van der Waals surface area contributed by atoms with Crippen LogP contribution < -0.4 is 15.4 Å². The summed E-state index contributed by atoms with van der Waals surface area (Å²) in [5.41, 5.74) is 1.02. The molecule has 1 unspecified atom stereocenters. The Hall–Kier alpha value is -2.47. The molecule has 2 N–H and O–H groups in total. The number of hydrogen-bond donors (Lipinski definition) is 2. The Labute approximate surface area is 155 Å². The molecule has 0 aliphatic carbocycles. The first-order valence-corrected chi connectivity index (χ1v) is 8.89. The highest BCUT2D eigenvalue weighted by atomic mass is 16.5. The Morgan fingerprint density at radius 1 is 1.15 bits per heavy atom. The van der Waals surface area contributed by atoms with Crippen LogP contribution in [0.1, 0.15) is 31.2 Å². The van der Waals surface area contributed by atoms with E-state index in [0.29, 0.717) is 25.6 Å². The monoisotopic (exact) mass is 359 g/mol. The Bertz CT molecular complexity index is 651. The molecule has 0 radical (unpaired) electrons. The largest absolute Gasteiger partial charge is 0.493 e. The number of furan rings is 1. The van der Waals surface area contributed by atoms with E-state index in [9.17, 15) is 4.79 Å². The van der Waals surface area contributed by atoms with Crippen LogP contribution in [0.4, 0.5) is 4.79 Å². The van der Waals surface area contributed by atoms with Gasteiger partial charge in [0.2, 0.25) is 0 Å². The summed E-state index contributed by atoms with van der Waals surface area (Å²) >= 11 is 0. The number of rotatable bonds is 9. The molecule has 6 heteroatoms. The quantitative estimate of drug-likeness (QED) is 0.720. The fourth-order valence-corrected chi connectivity index (χ4v) is 2.42. The first-order chi connectivity index (χ1) is 12.5. The second kappa shape index (κ2) is 9.87. The molecule has 2 aromatic rings. The van der Waals surface area contributed by atoms with Gasteiger partial charge in [-0.1, -0.05) is 26.0 Å². The molecule has 6 nitrogen and oxygen atoms in total. The number of nitrogens with one attached hydrogen (secondary N) is 2. The van der Waals surface area contributed by atoms with Crippen LogP contribution in [0.3, 0.4) is 0 Å². The smallest absolute Gasteiger partial charge is 0.315 e. The standard InChI is InChI=1S/C20H29N3O3/c1-15(2)14-26-17-9-7-16(8-10-17)12-21-20(24)22-13-18(23(3)4)19-6-5-11-25-19/h5-11,15,18H,12-14H2,1-4H3,(H2,21,22,24). The fraction of sp³-hybridized carbons (Fsp3) is 0.450. The predicted molar refractivity (Wildman–Crippen MR) is 102 cm³/mol. The van der Waals surface area contributed by atoms with Gasteiger partial charge < -0.3 is 19.8 Å². The number of urea groups is 1. The van der Waals surface area contributed by atoms with E-state index in [1.54, 1.807) is 6.26 Å². The van der Waals surface area contributed by atoms with Crippen molar-refractivity contribution in [3.05, 3.63) is 54.0 Å². The van der Waals surface area contributed by atoms with E-state index in [0.717, 1.165) is 17.1 Å². The minimum Gasteiger partial charge on any atom is -0.493 e. The summed E-state index contributed by atoms with van der Waals surface area (Å²) in [6, 6.07) is 11.3. The molecule has 0 aliphatic rings. The molecule has 0 aliphatic heterocycles. The number of amides is 2. The minimum atomic E-state index is -0.205. The summed E-state index contributed by atoms with van der Waals surface area (Å²) in [5, 5.41) is 5.76. The third-order valence-corrected chi connectivity index (χ3v) is 3.91. The van der Waals surface area contributed by atoms with Gasteiger partial charge in [-0.05, 0) is 49.8 Å². The molecular weight excluding hydrogens is 330 g/mol. The van der Waals surface area contributed by atoms with E-state index in [4.69, 9.17) is 9.15 Å². The van der Waals surface area contributed by atoms with Gasteiger partial charge in [0.25, 0.3) is 0 Å². The SMILES string of the molecule is CC(C)COc1ccc(CNC(=O)NCC(c2ccco2)N(C)C)cc1. The summed E-state index contributed by atoms with van der Waals surface area (Å²) in [7, 11) is 3.91. The van der Waals surface area contributed by atoms with Crippen molar-refractivity contribution in [1.82, 2.24) is 15.5 Å². The maximum atomic E-state index is 12.1. The number of benzene rings is 1. The van der Waals surface area contributed by atoms with Crippen LogP contribution in [0.15, 0.2) is 47.1 Å². The van der Waals surface area contributed by atoms with Gasteiger partial charge in [-0.25, -0.2) is 4.79 Å². The molecule has 0 saturated heterocycles. The lowest BCUT2D eigenvalue weighted by Gasteiger charge is -2.22. The molecule has 1 atom stereocenters. The van der Waals surface area contributed by atoms with Crippen LogP contribution in [0, 0.1) is 5.92 Å². The van der Waals surface area contributed by atoms with Gasteiger partial charge >= 0.3 is 6.03 Å². The first kappa shape index (κ1) is 19.8. The van der Waals surface area contributed by atoms with Crippen molar-refractivity contribution in [3.8, 4) is 5.75 Å². The minimum absolute atomic E-state index is 0.00635. The van der Waals surface area contributed by atoms with Gasteiger partial charge in [0, 0.05) is 13.1 Å². The first-order valence-electron chi connectivity index (χ1n) is 8.89. The zero-order valence-electron chi connectivity index (χ0n) is 16.0. The van der Waals surface area contributed by atoms with Crippen molar-refractivity contribution in [2.24, 2.45) is 5.92 Å². The van der Waals surface area contributed by atoms with Crippen LogP contribution >= 0.6 is 0 Å². The molecule has 2 rings (SSSR count). The summed E-state index contributed by atoms with van der Waals surface area (Å²) in [5.74, 6) is 2.17. The second-order valence-electron chi connectivity index (χ2n) is 6.91. The molecule has 0 spiro atoms. The zero-order valence-corrected chi connectivity index (χ0v) is 16.0. The number of carbonyl (C=O) groups excluding carboxylic acids is 1. The van der Waals surface area contributed by atoms with Gasteiger partial charge in [0.1, 0.15) is 11.5 Å². The Balaban J connectivity index is 1.76. The van der Waals surface area contributed by atoms with Crippen molar-refractivity contribution in [2.45, 2.75) is 26.4 Å². The van der Waals surface area contributed by atoms with E-state index in [2.05, 4.69) is 24.5 Å². The van der Waals surface area contributed by atoms with E-state index < -0.39 is 0 Å². The maximum absolute atomic E-state index is 12.1. The van der Waals surface area contributed by atoms with Crippen LogP contribution in [0.5, 0.6) is 5.75 Å². The molecule has 1 aromatic heterocycles. The predicted octanol–water partition coefficient (Wildman–Crippen LogP) is 3.42. The molecule has 1 heterocycles. The number of nitrogens with zero attached hydrogens (tertiary/aromatic N) is 1. The molecule has 142 valence electrons. The summed E-state index contributed by atoms with van der Waals surface area (Å²) < 4.78 is 11.1.